The summed E-state index contributed by atoms with van der Waals surface area (Å²) >= 11 is 0. The number of ether oxygens (including phenoxy) is 2. The lowest BCUT2D eigenvalue weighted by molar-refractivity contribution is 0.0342. The Balaban J connectivity index is 1.43. The normalized spacial score (nSPS) is 14.6. The molecule has 29 heavy (non-hydrogen) atoms. The Bertz CT molecular complexity index is 1040. The third kappa shape index (κ3) is 4.62. The zero-order valence-corrected chi connectivity index (χ0v) is 16.1. The van der Waals surface area contributed by atoms with E-state index in [1.807, 2.05) is 36.4 Å². The van der Waals surface area contributed by atoms with Crippen LogP contribution in [0.3, 0.4) is 0 Å². The third-order valence-electron chi connectivity index (χ3n) is 5.03. The van der Waals surface area contributed by atoms with E-state index in [0.29, 0.717) is 16.9 Å². The van der Waals surface area contributed by atoms with Crippen LogP contribution in [0, 0.1) is 5.41 Å². The van der Waals surface area contributed by atoms with Gasteiger partial charge < -0.3 is 15.2 Å². The molecule has 6 heteroatoms. The van der Waals surface area contributed by atoms with E-state index in [-0.39, 0.29) is 11.8 Å². The van der Waals surface area contributed by atoms with E-state index >= 15 is 0 Å². The lowest BCUT2D eigenvalue weighted by Crippen LogP contribution is -2.35. The van der Waals surface area contributed by atoms with Crippen molar-refractivity contribution in [1.29, 1.82) is 5.41 Å². The summed E-state index contributed by atoms with van der Waals surface area (Å²) in [5, 5.41) is 9.38. The summed E-state index contributed by atoms with van der Waals surface area (Å²) in [6, 6.07) is 18.4. The zero-order chi connectivity index (χ0) is 20.2. The standard InChI is InChI=1S/C23H23N3O3/c24-22(25)20-6-5-19-14-21(8-7-18(19)13-20)29-23(27)17-3-1-16(2-4-17)15-26-9-11-28-12-10-26/h1-8,13-14H,9-12,15H2,(H3,24,25). The number of amidine groups is 1. The smallest absolute Gasteiger partial charge is 0.343 e. The number of esters is 1. The van der Waals surface area contributed by atoms with Crippen LogP contribution < -0.4 is 10.5 Å². The Kier molecular flexibility index (Phi) is 5.55. The van der Waals surface area contributed by atoms with Crippen molar-refractivity contribution >= 4 is 22.6 Å². The van der Waals surface area contributed by atoms with Crippen molar-refractivity contribution in [3.8, 4) is 5.75 Å². The molecule has 1 aliphatic rings. The summed E-state index contributed by atoms with van der Waals surface area (Å²) in [4.78, 5) is 14.8. The fourth-order valence-electron chi connectivity index (χ4n) is 3.38. The maximum atomic E-state index is 12.5. The molecule has 0 bridgehead atoms. The SMILES string of the molecule is N=C(N)c1ccc2cc(OC(=O)c3ccc(CN4CCOCC4)cc3)ccc2c1. The molecule has 3 aromatic rings. The molecule has 0 atom stereocenters. The zero-order valence-electron chi connectivity index (χ0n) is 16.1. The predicted octanol–water partition coefficient (Wildman–Crippen LogP) is 3.18. The minimum atomic E-state index is -0.386. The number of morpholine rings is 1. The Morgan fingerprint density at radius 2 is 1.62 bits per heavy atom. The Morgan fingerprint density at radius 3 is 2.34 bits per heavy atom. The highest BCUT2D eigenvalue weighted by atomic mass is 16.5. The predicted molar refractivity (Wildman–Crippen MR) is 112 cm³/mol. The molecule has 0 aliphatic carbocycles. The van der Waals surface area contributed by atoms with E-state index in [4.69, 9.17) is 20.6 Å². The Morgan fingerprint density at radius 1 is 0.966 bits per heavy atom. The van der Waals surface area contributed by atoms with E-state index in [1.165, 1.54) is 0 Å². The van der Waals surface area contributed by atoms with Crippen molar-refractivity contribution < 1.29 is 14.3 Å². The van der Waals surface area contributed by atoms with Gasteiger partial charge in [-0.05, 0) is 46.7 Å². The molecule has 148 valence electrons. The number of rotatable bonds is 5. The molecule has 0 saturated carbocycles. The highest BCUT2D eigenvalue weighted by molar-refractivity contribution is 5.99. The van der Waals surface area contributed by atoms with Gasteiger partial charge in [0.05, 0.1) is 18.8 Å². The first-order chi connectivity index (χ1) is 14.1. The van der Waals surface area contributed by atoms with Crippen LogP contribution in [0.25, 0.3) is 10.8 Å². The highest BCUT2D eigenvalue weighted by Gasteiger charge is 2.13. The number of benzene rings is 3. The lowest BCUT2D eigenvalue weighted by Gasteiger charge is -2.26. The summed E-state index contributed by atoms with van der Waals surface area (Å²) < 4.78 is 10.9. The molecule has 0 aromatic heterocycles. The van der Waals surface area contributed by atoms with Crippen LogP contribution in [0.4, 0.5) is 0 Å². The molecule has 0 amide bonds. The molecule has 3 N–H and O–H groups in total. The molecule has 0 unspecified atom stereocenters. The van der Waals surface area contributed by atoms with Gasteiger partial charge in [0.1, 0.15) is 11.6 Å². The topological polar surface area (TPSA) is 88.6 Å². The molecule has 1 heterocycles. The first-order valence-corrected chi connectivity index (χ1v) is 9.58. The summed E-state index contributed by atoms with van der Waals surface area (Å²) in [5.41, 5.74) is 7.88. The number of carbonyl (C=O) groups is 1. The minimum absolute atomic E-state index is 0.0273. The summed E-state index contributed by atoms with van der Waals surface area (Å²) in [6.07, 6.45) is 0. The molecular weight excluding hydrogens is 366 g/mol. The Hall–Kier alpha value is -3.22. The van der Waals surface area contributed by atoms with Crippen LogP contribution in [0.2, 0.25) is 0 Å². The van der Waals surface area contributed by atoms with Crippen molar-refractivity contribution in [2.24, 2.45) is 5.73 Å². The van der Waals surface area contributed by atoms with Crippen LogP contribution in [-0.4, -0.2) is 43.0 Å². The van der Waals surface area contributed by atoms with Gasteiger partial charge in [-0.3, -0.25) is 10.3 Å². The summed E-state index contributed by atoms with van der Waals surface area (Å²) in [6.45, 7) is 4.25. The number of nitrogens with one attached hydrogen (secondary N) is 1. The van der Waals surface area contributed by atoms with Crippen LogP contribution in [-0.2, 0) is 11.3 Å². The van der Waals surface area contributed by atoms with Gasteiger partial charge in [0.2, 0.25) is 0 Å². The molecule has 4 rings (SSSR count). The summed E-state index contributed by atoms with van der Waals surface area (Å²) in [7, 11) is 0. The molecule has 0 radical (unpaired) electrons. The monoisotopic (exact) mass is 389 g/mol. The molecule has 3 aromatic carbocycles. The van der Waals surface area contributed by atoms with E-state index in [2.05, 4.69) is 4.90 Å². The average molecular weight is 389 g/mol. The minimum Gasteiger partial charge on any atom is -0.423 e. The first kappa shape index (κ1) is 19.1. The molecule has 0 spiro atoms. The van der Waals surface area contributed by atoms with Crippen molar-refractivity contribution in [1.82, 2.24) is 4.90 Å². The van der Waals surface area contributed by atoms with Crippen LogP contribution in [0.5, 0.6) is 5.75 Å². The Labute approximate surface area is 169 Å². The number of carbonyl (C=O) groups excluding carboxylic acids is 1. The average Bonchev–Trinajstić information content (AvgIpc) is 2.74. The molecule has 6 nitrogen and oxygen atoms in total. The second kappa shape index (κ2) is 8.43. The van der Waals surface area contributed by atoms with Crippen LogP contribution >= 0.6 is 0 Å². The second-order valence-electron chi connectivity index (χ2n) is 7.11. The number of hydrogen-bond acceptors (Lipinski definition) is 5. The maximum absolute atomic E-state index is 12.5. The second-order valence-corrected chi connectivity index (χ2v) is 7.11. The fourth-order valence-corrected chi connectivity index (χ4v) is 3.38. The molecule has 1 fully saturated rings. The largest absolute Gasteiger partial charge is 0.423 e. The highest BCUT2D eigenvalue weighted by Crippen LogP contribution is 2.23. The quantitative estimate of drug-likeness (QED) is 0.303. The molecular formula is C23H23N3O3. The van der Waals surface area contributed by atoms with Crippen molar-refractivity contribution in [3.63, 3.8) is 0 Å². The van der Waals surface area contributed by atoms with Crippen molar-refractivity contribution in [2.75, 3.05) is 26.3 Å². The number of nitrogens with two attached hydrogens (primary N) is 1. The maximum Gasteiger partial charge on any atom is 0.343 e. The van der Waals surface area contributed by atoms with E-state index in [9.17, 15) is 4.79 Å². The van der Waals surface area contributed by atoms with Crippen molar-refractivity contribution in [2.45, 2.75) is 6.54 Å². The van der Waals surface area contributed by atoms with E-state index in [1.54, 1.807) is 24.3 Å². The first-order valence-electron chi connectivity index (χ1n) is 9.58. The van der Waals surface area contributed by atoms with Gasteiger partial charge >= 0.3 is 5.97 Å². The number of fused-ring (bicyclic) bond motifs is 1. The molecule has 1 saturated heterocycles. The van der Waals surface area contributed by atoms with Gasteiger partial charge in [0.15, 0.2) is 0 Å². The van der Waals surface area contributed by atoms with Gasteiger partial charge in [-0.25, -0.2) is 4.79 Å². The summed E-state index contributed by atoms with van der Waals surface area (Å²) in [5.74, 6) is 0.123. The third-order valence-corrected chi connectivity index (χ3v) is 5.03. The van der Waals surface area contributed by atoms with Gasteiger partial charge in [-0.15, -0.1) is 0 Å². The van der Waals surface area contributed by atoms with E-state index in [0.717, 1.165) is 49.2 Å². The number of nitrogen functional groups attached to an aromatic ring is 1. The van der Waals surface area contributed by atoms with Crippen LogP contribution in [0.15, 0.2) is 60.7 Å². The van der Waals surface area contributed by atoms with Gasteiger partial charge in [0.25, 0.3) is 0 Å². The van der Waals surface area contributed by atoms with Gasteiger partial charge in [-0.2, -0.15) is 0 Å². The van der Waals surface area contributed by atoms with Crippen LogP contribution in [0.1, 0.15) is 21.5 Å². The van der Waals surface area contributed by atoms with Gasteiger partial charge in [-0.1, -0.05) is 30.3 Å². The van der Waals surface area contributed by atoms with Gasteiger partial charge in [0, 0.05) is 25.2 Å². The fraction of sp³-hybridized carbons (Fsp3) is 0.217. The molecule has 1 aliphatic heterocycles. The number of nitrogens with zero attached hydrogens (tertiary/aromatic N) is 1. The number of hydrogen-bond donors (Lipinski definition) is 2. The van der Waals surface area contributed by atoms with E-state index < -0.39 is 0 Å². The lowest BCUT2D eigenvalue weighted by atomic mass is 10.1. The van der Waals surface area contributed by atoms with Crippen molar-refractivity contribution in [3.05, 3.63) is 77.4 Å².